The first-order valence-electron chi connectivity index (χ1n) is 6.97. The van der Waals surface area contributed by atoms with Crippen molar-refractivity contribution in [2.45, 2.75) is 10.9 Å². The monoisotopic (exact) mass is 346 g/mol. The minimum Gasteiger partial charge on any atom is -0.496 e. The third-order valence-electron chi connectivity index (χ3n) is 3.41. The Hall–Kier alpha value is -2.81. The molecule has 0 aliphatic heterocycles. The number of rotatable bonds is 6. The van der Waals surface area contributed by atoms with Gasteiger partial charge in [-0.1, -0.05) is 11.8 Å². The summed E-state index contributed by atoms with van der Waals surface area (Å²) in [4.78, 5) is 10.5. The number of benzene rings is 1. The fourth-order valence-electron chi connectivity index (χ4n) is 2.19. The number of ether oxygens (including phenoxy) is 1. The summed E-state index contributed by atoms with van der Waals surface area (Å²) in [5.74, 6) is 2.31. The number of nitrogens with zero attached hydrogens (tertiary/aromatic N) is 4. The zero-order chi connectivity index (χ0) is 17.1. The van der Waals surface area contributed by atoms with Gasteiger partial charge in [0.15, 0.2) is 16.7 Å². The number of hydrogen-bond acceptors (Lipinski definition) is 7. The molecule has 0 atom stereocenters. The minimum absolute atomic E-state index is 0.0284. The summed E-state index contributed by atoms with van der Waals surface area (Å²) >= 11 is 1.41. The van der Waals surface area contributed by atoms with Crippen LogP contribution >= 0.6 is 11.8 Å². The lowest BCUT2D eigenvalue weighted by Gasteiger charge is -2.08. The van der Waals surface area contributed by atoms with Gasteiger partial charge in [-0.3, -0.25) is 10.1 Å². The van der Waals surface area contributed by atoms with E-state index in [4.69, 9.17) is 9.15 Å². The number of methoxy groups -OCH3 is 1. The number of nitro groups is 1. The van der Waals surface area contributed by atoms with Crippen LogP contribution in [0.1, 0.15) is 5.56 Å². The SMILES string of the molecule is COc1ccc([N+](=O)[O-])cc1CSc1nnc(-c2ccco2)n1C. The third-order valence-corrected chi connectivity index (χ3v) is 4.48. The molecule has 3 rings (SSSR count). The van der Waals surface area contributed by atoms with Crippen LogP contribution in [0.4, 0.5) is 5.69 Å². The third kappa shape index (κ3) is 3.11. The van der Waals surface area contributed by atoms with Gasteiger partial charge in [0.05, 0.1) is 18.3 Å². The Bertz CT molecular complexity index is 860. The average molecular weight is 346 g/mol. The first-order valence-corrected chi connectivity index (χ1v) is 7.96. The summed E-state index contributed by atoms with van der Waals surface area (Å²) in [5, 5.41) is 19.9. The van der Waals surface area contributed by atoms with Crippen LogP contribution in [-0.4, -0.2) is 26.8 Å². The fourth-order valence-corrected chi connectivity index (χ4v) is 3.08. The maximum Gasteiger partial charge on any atom is 0.270 e. The minimum atomic E-state index is -0.426. The van der Waals surface area contributed by atoms with Crippen molar-refractivity contribution >= 4 is 17.4 Å². The van der Waals surface area contributed by atoms with Gasteiger partial charge in [0.2, 0.25) is 0 Å². The van der Waals surface area contributed by atoms with Crippen LogP contribution in [0.15, 0.2) is 46.2 Å². The summed E-state index contributed by atoms with van der Waals surface area (Å²) in [5.41, 5.74) is 0.750. The van der Waals surface area contributed by atoms with E-state index in [2.05, 4.69) is 10.2 Å². The Labute approximate surface area is 141 Å². The molecule has 8 nitrogen and oxygen atoms in total. The molecule has 0 aliphatic rings. The van der Waals surface area contributed by atoms with E-state index in [-0.39, 0.29) is 5.69 Å². The van der Waals surface area contributed by atoms with Gasteiger partial charge in [-0.15, -0.1) is 10.2 Å². The van der Waals surface area contributed by atoms with E-state index < -0.39 is 4.92 Å². The summed E-state index contributed by atoms with van der Waals surface area (Å²) < 4.78 is 12.4. The Morgan fingerprint density at radius 2 is 2.21 bits per heavy atom. The van der Waals surface area contributed by atoms with Crippen molar-refractivity contribution in [2.75, 3.05) is 7.11 Å². The number of furan rings is 1. The van der Waals surface area contributed by atoms with Gasteiger partial charge < -0.3 is 13.7 Å². The fraction of sp³-hybridized carbons (Fsp3) is 0.200. The van der Waals surface area contributed by atoms with E-state index in [1.807, 2.05) is 17.7 Å². The molecule has 124 valence electrons. The molecule has 9 heteroatoms. The molecule has 2 heterocycles. The molecule has 0 saturated heterocycles. The highest BCUT2D eigenvalue weighted by molar-refractivity contribution is 7.98. The molecule has 0 unspecified atom stereocenters. The van der Waals surface area contributed by atoms with Crippen molar-refractivity contribution in [1.82, 2.24) is 14.8 Å². The highest BCUT2D eigenvalue weighted by Gasteiger charge is 2.16. The van der Waals surface area contributed by atoms with Crippen LogP contribution in [0.3, 0.4) is 0 Å². The zero-order valence-electron chi connectivity index (χ0n) is 13.0. The number of thioether (sulfide) groups is 1. The Balaban J connectivity index is 1.81. The van der Waals surface area contributed by atoms with Crippen molar-refractivity contribution in [1.29, 1.82) is 0 Å². The lowest BCUT2D eigenvalue weighted by molar-refractivity contribution is -0.384. The first kappa shape index (κ1) is 16.1. The molecule has 0 spiro atoms. The van der Waals surface area contributed by atoms with Crippen LogP contribution in [0.2, 0.25) is 0 Å². The van der Waals surface area contributed by atoms with Gasteiger partial charge in [0.1, 0.15) is 5.75 Å². The van der Waals surface area contributed by atoms with Crippen LogP contribution in [0, 0.1) is 10.1 Å². The summed E-state index contributed by atoms with van der Waals surface area (Å²) in [6, 6.07) is 8.12. The summed E-state index contributed by atoms with van der Waals surface area (Å²) in [6.45, 7) is 0. The van der Waals surface area contributed by atoms with Crippen molar-refractivity contribution in [3.63, 3.8) is 0 Å². The highest BCUT2D eigenvalue weighted by atomic mass is 32.2. The number of aromatic nitrogens is 3. The van der Waals surface area contributed by atoms with Crippen LogP contribution in [-0.2, 0) is 12.8 Å². The molecule has 0 radical (unpaired) electrons. The summed E-state index contributed by atoms with van der Waals surface area (Å²) in [7, 11) is 3.37. The molecule has 2 aromatic heterocycles. The molecule has 0 bridgehead atoms. The van der Waals surface area contributed by atoms with E-state index in [0.29, 0.717) is 28.2 Å². The van der Waals surface area contributed by atoms with Crippen molar-refractivity contribution in [3.8, 4) is 17.3 Å². The van der Waals surface area contributed by atoms with E-state index in [1.54, 1.807) is 18.4 Å². The largest absolute Gasteiger partial charge is 0.496 e. The van der Waals surface area contributed by atoms with Crippen LogP contribution < -0.4 is 4.74 Å². The number of hydrogen-bond donors (Lipinski definition) is 0. The lowest BCUT2D eigenvalue weighted by Crippen LogP contribution is -1.96. The van der Waals surface area contributed by atoms with Gasteiger partial charge in [-0.25, -0.2) is 0 Å². The molecule has 0 saturated carbocycles. The van der Waals surface area contributed by atoms with E-state index in [1.165, 1.54) is 31.0 Å². The summed E-state index contributed by atoms with van der Waals surface area (Å²) in [6.07, 6.45) is 1.57. The second kappa shape index (κ2) is 6.75. The standard InChI is InChI=1S/C15H14N4O4S/c1-18-14(13-4-3-7-23-13)16-17-15(18)24-9-10-8-11(19(20)21)5-6-12(10)22-2/h3-8H,9H2,1-2H3. The molecule has 24 heavy (non-hydrogen) atoms. The first-order chi connectivity index (χ1) is 11.6. The maximum atomic E-state index is 10.9. The van der Waals surface area contributed by atoms with Crippen molar-refractivity contribution in [3.05, 3.63) is 52.3 Å². The predicted octanol–water partition coefficient (Wildman–Crippen LogP) is 3.28. The molecule has 3 aromatic rings. The lowest BCUT2D eigenvalue weighted by atomic mass is 10.2. The maximum absolute atomic E-state index is 10.9. The van der Waals surface area contributed by atoms with Crippen LogP contribution in [0.5, 0.6) is 5.75 Å². The van der Waals surface area contributed by atoms with Crippen molar-refractivity contribution < 1.29 is 14.1 Å². The van der Waals surface area contributed by atoms with Gasteiger partial charge >= 0.3 is 0 Å². The zero-order valence-corrected chi connectivity index (χ0v) is 13.8. The smallest absolute Gasteiger partial charge is 0.270 e. The second-order valence-electron chi connectivity index (χ2n) is 4.88. The Morgan fingerprint density at radius 1 is 1.38 bits per heavy atom. The molecule has 1 aromatic carbocycles. The molecular formula is C15H14N4O4S. The van der Waals surface area contributed by atoms with E-state index in [0.717, 1.165) is 5.56 Å². The predicted molar refractivity (Wildman–Crippen MR) is 87.9 cm³/mol. The quantitative estimate of drug-likeness (QED) is 0.384. The molecule has 0 amide bonds. The molecule has 0 N–H and O–H groups in total. The Kier molecular flexibility index (Phi) is 4.52. The van der Waals surface area contributed by atoms with Crippen molar-refractivity contribution in [2.24, 2.45) is 7.05 Å². The second-order valence-corrected chi connectivity index (χ2v) is 5.83. The molecule has 0 fully saturated rings. The van der Waals surface area contributed by atoms with Gasteiger partial charge in [-0.2, -0.15) is 0 Å². The highest BCUT2D eigenvalue weighted by Crippen LogP contribution is 2.31. The average Bonchev–Trinajstić information content (AvgIpc) is 3.22. The van der Waals surface area contributed by atoms with Gasteiger partial charge in [-0.05, 0) is 18.2 Å². The Morgan fingerprint density at radius 3 is 2.88 bits per heavy atom. The normalized spacial score (nSPS) is 10.8. The molecular weight excluding hydrogens is 332 g/mol. The van der Waals surface area contributed by atoms with Gasteiger partial charge in [0, 0.05) is 30.5 Å². The van der Waals surface area contributed by atoms with E-state index in [9.17, 15) is 10.1 Å². The molecule has 0 aliphatic carbocycles. The van der Waals surface area contributed by atoms with E-state index >= 15 is 0 Å². The van der Waals surface area contributed by atoms with Crippen LogP contribution in [0.25, 0.3) is 11.6 Å². The number of nitro benzene ring substituents is 1. The topological polar surface area (TPSA) is 96.2 Å². The number of non-ortho nitro benzene ring substituents is 1. The van der Waals surface area contributed by atoms with Gasteiger partial charge in [0.25, 0.3) is 5.69 Å².